The summed E-state index contributed by atoms with van der Waals surface area (Å²) in [4.78, 5) is 11.9. The molecule has 5 heteroatoms. The van der Waals surface area contributed by atoms with Gasteiger partial charge in [-0.2, -0.15) is 0 Å². The fraction of sp³-hybridized carbons (Fsp3) is 0.417. The molecular formula is C12H15BClNO2. The number of hydrogen-bond acceptors (Lipinski definition) is 3. The number of nitrogens with two attached hydrogens (primary N) is 1. The molecule has 90 valence electrons. The highest BCUT2D eigenvalue weighted by Gasteiger charge is 2.35. The minimum absolute atomic E-state index is 0.330. The van der Waals surface area contributed by atoms with E-state index in [-0.39, 0.29) is 5.97 Å². The Morgan fingerprint density at radius 2 is 2.24 bits per heavy atom. The van der Waals surface area contributed by atoms with Gasteiger partial charge in [0.2, 0.25) is 0 Å². The van der Waals surface area contributed by atoms with Crippen LogP contribution in [0.5, 0.6) is 0 Å². The summed E-state index contributed by atoms with van der Waals surface area (Å²) in [5.41, 5.74) is 6.09. The summed E-state index contributed by atoms with van der Waals surface area (Å²) in [5.74, 6) is -0.330. The number of hydrogen-bond donors (Lipinski definition) is 1. The molecule has 0 fully saturated rings. The van der Waals surface area contributed by atoms with Gasteiger partial charge in [0.15, 0.2) is 0 Å². The number of ether oxygens (including phenoxy) is 1. The first-order valence-electron chi connectivity index (χ1n) is 5.29. The zero-order valence-corrected chi connectivity index (χ0v) is 10.8. The van der Waals surface area contributed by atoms with E-state index in [9.17, 15) is 4.79 Å². The summed E-state index contributed by atoms with van der Waals surface area (Å²) in [5, 5.41) is 0.426. The summed E-state index contributed by atoms with van der Waals surface area (Å²) in [6.07, 6.45) is 0.869. The van der Waals surface area contributed by atoms with E-state index in [0.717, 1.165) is 5.56 Å². The lowest BCUT2D eigenvalue weighted by Crippen LogP contribution is -2.33. The molecule has 0 bridgehead atoms. The van der Waals surface area contributed by atoms with E-state index in [1.54, 1.807) is 25.1 Å². The zero-order valence-electron chi connectivity index (χ0n) is 10.00. The molecule has 1 aromatic carbocycles. The van der Waals surface area contributed by atoms with E-state index >= 15 is 0 Å². The Labute approximate surface area is 108 Å². The van der Waals surface area contributed by atoms with Crippen molar-refractivity contribution in [3.8, 4) is 0 Å². The van der Waals surface area contributed by atoms with Crippen LogP contribution in [0.4, 0.5) is 5.69 Å². The van der Waals surface area contributed by atoms with Gasteiger partial charge in [0.25, 0.3) is 0 Å². The standard InChI is InChI=1S/C12H15BClNO2/c1-12(5-6-13,11(16)17-2)8-3-4-10(15)9(14)7-8/h3-4,7H,5-6,15H2,1-2H3. The average molecular weight is 252 g/mol. The van der Waals surface area contributed by atoms with Crippen LogP contribution in [0.1, 0.15) is 18.9 Å². The van der Waals surface area contributed by atoms with Crippen molar-refractivity contribution in [1.29, 1.82) is 0 Å². The molecule has 0 amide bonds. The molecule has 1 atom stereocenters. The number of benzene rings is 1. The van der Waals surface area contributed by atoms with E-state index in [1.807, 2.05) is 0 Å². The third-order valence-corrected chi connectivity index (χ3v) is 3.25. The van der Waals surface area contributed by atoms with Crippen LogP contribution < -0.4 is 5.73 Å². The summed E-state index contributed by atoms with van der Waals surface area (Å²) in [6, 6.07) is 5.13. The number of carbonyl (C=O) groups is 1. The number of nitrogen functional groups attached to an aromatic ring is 1. The summed E-state index contributed by atoms with van der Waals surface area (Å²) >= 11 is 5.96. The summed E-state index contributed by atoms with van der Waals surface area (Å²) < 4.78 is 4.82. The van der Waals surface area contributed by atoms with Crippen LogP contribution in [-0.2, 0) is 14.9 Å². The van der Waals surface area contributed by atoms with Crippen LogP contribution in [0.25, 0.3) is 0 Å². The van der Waals surface area contributed by atoms with Crippen LogP contribution in [0.2, 0.25) is 11.3 Å². The maximum absolute atomic E-state index is 11.9. The Morgan fingerprint density at radius 1 is 1.59 bits per heavy atom. The van der Waals surface area contributed by atoms with Gasteiger partial charge in [-0.3, -0.25) is 4.79 Å². The number of esters is 1. The molecule has 3 nitrogen and oxygen atoms in total. The van der Waals surface area contributed by atoms with Gasteiger partial charge in [0, 0.05) is 0 Å². The predicted octanol–water partition coefficient (Wildman–Crippen LogP) is 2.33. The third-order valence-electron chi connectivity index (χ3n) is 2.92. The van der Waals surface area contributed by atoms with E-state index in [2.05, 4.69) is 0 Å². The monoisotopic (exact) mass is 251 g/mol. The van der Waals surface area contributed by atoms with Gasteiger partial charge in [-0.1, -0.05) is 24.0 Å². The van der Waals surface area contributed by atoms with Crippen molar-refractivity contribution in [2.75, 3.05) is 12.8 Å². The predicted molar refractivity (Wildman–Crippen MR) is 70.4 cm³/mol. The molecule has 0 saturated heterocycles. The molecule has 0 saturated carbocycles. The van der Waals surface area contributed by atoms with Gasteiger partial charge in [0.1, 0.15) is 0 Å². The highest BCUT2D eigenvalue weighted by molar-refractivity contribution is 6.33. The smallest absolute Gasteiger partial charge is 0.315 e. The van der Waals surface area contributed by atoms with E-state index in [1.165, 1.54) is 7.11 Å². The van der Waals surface area contributed by atoms with Gasteiger partial charge >= 0.3 is 5.97 Å². The molecule has 1 aromatic rings. The van der Waals surface area contributed by atoms with Crippen LogP contribution in [-0.4, -0.2) is 20.9 Å². The van der Waals surface area contributed by atoms with Crippen LogP contribution in [0, 0.1) is 0 Å². The Balaban J connectivity index is 3.22. The fourth-order valence-corrected chi connectivity index (χ4v) is 1.93. The van der Waals surface area contributed by atoms with Gasteiger partial charge in [0.05, 0.1) is 31.1 Å². The number of halogens is 1. The topological polar surface area (TPSA) is 52.3 Å². The maximum Gasteiger partial charge on any atom is 0.315 e. The molecule has 0 aromatic heterocycles. The SMILES string of the molecule is [B]CCC(C)(C(=O)OC)c1ccc(N)c(Cl)c1. The zero-order chi connectivity index (χ0) is 13.1. The maximum atomic E-state index is 11.9. The summed E-state index contributed by atoms with van der Waals surface area (Å²) in [7, 11) is 6.90. The second-order valence-corrected chi connectivity index (χ2v) is 4.51. The Kier molecular flexibility index (Phi) is 4.46. The van der Waals surface area contributed by atoms with Crippen LogP contribution >= 0.6 is 11.6 Å². The van der Waals surface area contributed by atoms with Gasteiger partial charge in [-0.25, -0.2) is 0 Å². The number of rotatable bonds is 4. The molecule has 0 aliphatic heterocycles. The van der Waals surface area contributed by atoms with Gasteiger partial charge in [-0.05, 0) is 31.0 Å². The largest absolute Gasteiger partial charge is 0.468 e. The number of anilines is 1. The lowest BCUT2D eigenvalue weighted by Gasteiger charge is -2.27. The first kappa shape index (κ1) is 13.9. The highest BCUT2D eigenvalue weighted by Crippen LogP contribution is 2.33. The molecule has 17 heavy (non-hydrogen) atoms. The molecule has 0 spiro atoms. The normalized spacial score (nSPS) is 14.1. The second-order valence-electron chi connectivity index (χ2n) is 4.10. The van der Waals surface area contributed by atoms with E-state index in [4.69, 9.17) is 29.9 Å². The van der Waals surface area contributed by atoms with Crippen LogP contribution in [0.3, 0.4) is 0 Å². The molecule has 0 heterocycles. The van der Waals surface area contributed by atoms with E-state index < -0.39 is 5.41 Å². The highest BCUT2D eigenvalue weighted by atomic mass is 35.5. The quantitative estimate of drug-likeness (QED) is 0.508. The lowest BCUT2D eigenvalue weighted by molar-refractivity contribution is -0.147. The second kappa shape index (κ2) is 5.45. The first-order chi connectivity index (χ1) is 7.95. The first-order valence-corrected chi connectivity index (χ1v) is 5.67. The average Bonchev–Trinajstić information content (AvgIpc) is 2.31. The minimum atomic E-state index is -0.791. The van der Waals surface area contributed by atoms with Crippen molar-refractivity contribution in [3.05, 3.63) is 28.8 Å². The lowest BCUT2D eigenvalue weighted by atomic mass is 9.75. The third kappa shape index (κ3) is 2.75. The van der Waals surface area contributed by atoms with Crippen molar-refractivity contribution in [2.24, 2.45) is 0 Å². The fourth-order valence-electron chi connectivity index (χ4n) is 1.75. The Hall–Kier alpha value is -1.16. The molecule has 0 aliphatic carbocycles. The summed E-state index contributed by atoms with van der Waals surface area (Å²) in [6.45, 7) is 1.79. The van der Waals surface area contributed by atoms with Gasteiger partial charge < -0.3 is 10.5 Å². The molecule has 2 N–H and O–H groups in total. The Bertz CT molecular complexity index is 425. The van der Waals surface area contributed by atoms with Crippen LogP contribution in [0.15, 0.2) is 18.2 Å². The van der Waals surface area contributed by atoms with Crippen molar-refractivity contribution < 1.29 is 9.53 Å². The van der Waals surface area contributed by atoms with Crippen molar-refractivity contribution >= 4 is 31.1 Å². The Morgan fingerprint density at radius 3 is 2.71 bits per heavy atom. The molecule has 1 rings (SSSR count). The number of methoxy groups -OCH3 is 1. The minimum Gasteiger partial charge on any atom is -0.468 e. The van der Waals surface area contributed by atoms with Crippen molar-refractivity contribution in [2.45, 2.75) is 25.1 Å². The van der Waals surface area contributed by atoms with Crippen molar-refractivity contribution in [3.63, 3.8) is 0 Å². The van der Waals surface area contributed by atoms with E-state index in [0.29, 0.717) is 23.5 Å². The molecule has 2 radical (unpaired) electrons. The molecular weight excluding hydrogens is 236 g/mol. The van der Waals surface area contributed by atoms with Crippen molar-refractivity contribution in [1.82, 2.24) is 0 Å². The van der Waals surface area contributed by atoms with Gasteiger partial charge in [-0.15, -0.1) is 0 Å². The number of carbonyl (C=O) groups excluding carboxylic acids is 1. The molecule has 1 unspecified atom stereocenters. The molecule has 0 aliphatic rings.